The van der Waals surface area contributed by atoms with Gasteiger partial charge < -0.3 is 25.8 Å². The van der Waals surface area contributed by atoms with Crippen molar-refractivity contribution in [2.24, 2.45) is 18.4 Å². The van der Waals surface area contributed by atoms with E-state index in [9.17, 15) is 14.4 Å². The number of carbonyl (C=O) groups is 3. The smallest absolute Gasteiger partial charge is 0.318 e. The first-order chi connectivity index (χ1) is 19.8. The van der Waals surface area contributed by atoms with Crippen molar-refractivity contribution in [2.45, 2.75) is 69.4 Å². The van der Waals surface area contributed by atoms with Crippen LogP contribution in [0.5, 0.6) is 0 Å². The molecule has 2 saturated carbocycles. The number of imidazole rings is 1. The highest BCUT2D eigenvalue weighted by Crippen LogP contribution is 2.50. The maximum absolute atomic E-state index is 13.5. The van der Waals surface area contributed by atoms with Gasteiger partial charge in [-0.1, -0.05) is 19.3 Å². The molecule has 0 radical (unpaired) electrons. The summed E-state index contributed by atoms with van der Waals surface area (Å²) in [5, 5.41) is 13.3. The van der Waals surface area contributed by atoms with Gasteiger partial charge in [-0.3, -0.25) is 14.3 Å². The van der Waals surface area contributed by atoms with Gasteiger partial charge in [0.2, 0.25) is 5.91 Å². The average Bonchev–Trinajstić information content (AvgIpc) is 3.27. The topological polar surface area (TPSA) is 137 Å². The molecule has 4 amide bonds. The third-order valence-electron chi connectivity index (χ3n) is 10.0. The fraction of sp³-hybridized carbons (Fsp3) is 0.567. The zero-order valence-corrected chi connectivity index (χ0v) is 23.8. The maximum Gasteiger partial charge on any atom is 0.318 e. The Balaban J connectivity index is 1.21. The number of fused-ring (bicyclic) bond motifs is 2. The Morgan fingerprint density at radius 3 is 2.56 bits per heavy atom. The quantitative estimate of drug-likeness (QED) is 0.369. The van der Waals surface area contributed by atoms with Crippen LogP contribution in [0.1, 0.15) is 78.4 Å². The van der Waals surface area contributed by atoms with Crippen molar-refractivity contribution in [1.82, 2.24) is 40.6 Å². The van der Waals surface area contributed by atoms with E-state index >= 15 is 0 Å². The predicted octanol–water partition coefficient (Wildman–Crippen LogP) is 2.74. The molecule has 11 nitrogen and oxygen atoms in total. The molecule has 0 bridgehead atoms. The van der Waals surface area contributed by atoms with Crippen LogP contribution in [-0.2, 0) is 24.7 Å². The van der Waals surface area contributed by atoms with Crippen molar-refractivity contribution in [3.05, 3.63) is 47.0 Å². The lowest BCUT2D eigenvalue weighted by molar-refractivity contribution is -0.131. The number of aromatic amines is 1. The molecule has 7 rings (SSSR count). The summed E-state index contributed by atoms with van der Waals surface area (Å²) in [7, 11) is 3.41. The number of likely N-dealkylation sites (N-methyl/N-ethyl adjacent to an activating group) is 1. The average molecular weight is 559 g/mol. The van der Waals surface area contributed by atoms with Crippen molar-refractivity contribution in [1.29, 1.82) is 0 Å². The number of hydrogen-bond donors (Lipinski definition) is 4. The highest BCUT2D eigenvalue weighted by atomic mass is 16.2. The molecule has 4 aliphatic rings. The van der Waals surface area contributed by atoms with E-state index in [-0.39, 0.29) is 29.3 Å². The van der Waals surface area contributed by atoms with Crippen LogP contribution in [0.15, 0.2) is 24.4 Å². The molecular formula is C30H38N8O3. The SMILES string of the molecule is CNC(=O)C1(N2CC3(CC3)CNC2=O)Cc2cc3nc([C@@H](NC(=O)c4ccnn4C)C4CCCCC4)[nH]c3cc2C1. The highest BCUT2D eigenvalue weighted by Gasteiger charge is 2.57. The summed E-state index contributed by atoms with van der Waals surface area (Å²) >= 11 is 0. The van der Waals surface area contributed by atoms with E-state index in [1.807, 2.05) is 0 Å². The monoisotopic (exact) mass is 558 g/mol. The summed E-state index contributed by atoms with van der Waals surface area (Å²) < 4.78 is 1.59. The summed E-state index contributed by atoms with van der Waals surface area (Å²) in [6.07, 6.45) is 10.3. The molecule has 11 heteroatoms. The minimum atomic E-state index is -0.958. The summed E-state index contributed by atoms with van der Waals surface area (Å²) in [6, 6.07) is 5.47. The van der Waals surface area contributed by atoms with Crippen molar-refractivity contribution in [2.75, 3.05) is 20.1 Å². The number of nitrogens with zero attached hydrogens (tertiary/aromatic N) is 4. The molecule has 41 heavy (non-hydrogen) atoms. The molecule has 1 spiro atoms. The molecule has 1 aromatic carbocycles. The number of benzene rings is 1. The van der Waals surface area contributed by atoms with E-state index in [1.54, 1.807) is 35.9 Å². The van der Waals surface area contributed by atoms with Crippen molar-refractivity contribution >= 4 is 28.9 Å². The molecule has 3 aliphatic carbocycles. The van der Waals surface area contributed by atoms with Crippen LogP contribution in [0.4, 0.5) is 4.79 Å². The Labute approximate surface area is 238 Å². The van der Waals surface area contributed by atoms with Crippen LogP contribution in [0.25, 0.3) is 11.0 Å². The van der Waals surface area contributed by atoms with Crippen LogP contribution >= 0.6 is 0 Å². The lowest BCUT2D eigenvalue weighted by atomic mass is 9.83. The van der Waals surface area contributed by atoms with Gasteiger partial charge >= 0.3 is 6.03 Å². The second-order valence-electron chi connectivity index (χ2n) is 12.7. The van der Waals surface area contributed by atoms with Gasteiger partial charge in [0.15, 0.2) is 0 Å². The third-order valence-corrected chi connectivity index (χ3v) is 10.0. The van der Waals surface area contributed by atoms with Crippen molar-refractivity contribution in [3.63, 3.8) is 0 Å². The van der Waals surface area contributed by atoms with Crippen LogP contribution in [0, 0.1) is 11.3 Å². The van der Waals surface area contributed by atoms with Crippen LogP contribution in [0.3, 0.4) is 0 Å². The first kappa shape index (κ1) is 26.0. The number of aromatic nitrogens is 4. The van der Waals surface area contributed by atoms with Gasteiger partial charge in [0.1, 0.15) is 17.1 Å². The minimum absolute atomic E-state index is 0.0975. The Kier molecular flexibility index (Phi) is 6.09. The normalized spacial score (nSPS) is 21.9. The second kappa shape index (κ2) is 9.60. The number of H-pyrrole nitrogens is 1. The summed E-state index contributed by atoms with van der Waals surface area (Å²) in [5.74, 6) is 0.762. The molecule has 2 aromatic heterocycles. The van der Waals surface area contributed by atoms with E-state index in [4.69, 9.17) is 4.98 Å². The van der Waals surface area contributed by atoms with E-state index in [2.05, 4.69) is 38.2 Å². The van der Waals surface area contributed by atoms with Crippen LogP contribution in [-0.4, -0.2) is 68.2 Å². The molecule has 4 N–H and O–H groups in total. The molecule has 2 atom stereocenters. The van der Waals surface area contributed by atoms with Gasteiger partial charge in [0.05, 0.1) is 17.1 Å². The minimum Gasteiger partial charge on any atom is -0.357 e. The Hall–Kier alpha value is -3.89. The van der Waals surface area contributed by atoms with Crippen molar-refractivity contribution < 1.29 is 14.4 Å². The standard InChI is InChI=1S/C30H38N8O3/c1-31-27(40)30(38-17-29(9-10-29)16-32-28(38)41)14-19-12-21-22(13-20(19)15-30)35-25(34-21)24(18-6-4-3-5-7-18)36-26(39)23-8-11-33-37(23)2/h8,11-13,18,24H,3-7,9-10,14-17H2,1-2H3,(H,31,40)(H,32,41)(H,34,35)(H,36,39)/t24-/m0/s1. The summed E-state index contributed by atoms with van der Waals surface area (Å²) in [4.78, 5) is 50.1. The lowest BCUT2D eigenvalue weighted by Crippen LogP contribution is -2.67. The van der Waals surface area contributed by atoms with Gasteiger partial charge in [0, 0.05) is 51.6 Å². The fourth-order valence-electron chi connectivity index (χ4n) is 7.41. The molecule has 1 aliphatic heterocycles. The lowest BCUT2D eigenvalue weighted by Gasteiger charge is -2.44. The van der Waals surface area contributed by atoms with E-state index in [1.165, 1.54) is 6.42 Å². The van der Waals surface area contributed by atoms with Gasteiger partial charge in [-0.25, -0.2) is 9.78 Å². The van der Waals surface area contributed by atoms with E-state index < -0.39 is 5.54 Å². The highest BCUT2D eigenvalue weighted by molar-refractivity contribution is 5.94. The zero-order valence-electron chi connectivity index (χ0n) is 23.8. The van der Waals surface area contributed by atoms with Crippen molar-refractivity contribution in [3.8, 4) is 0 Å². The number of rotatable bonds is 6. The van der Waals surface area contributed by atoms with Gasteiger partial charge in [-0.15, -0.1) is 0 Å². The molecule has 3 heterocycles. The molecule has 1 unspecified atom stereocenters. The number of amides is 4. The third kappa shape index (κ3) is 4.36. The summed E-state index contributed by atoms with van der Waals surface area (Å²) in [6.45, 7) is 1.30. The fourth-order valence-corrected chi connectivity index (χ4v) is 7.41. The Morgan fingerprint density at radius 1 is 1.12 bits per heavy atom. The van der Waals surface area contributed by atoms with Crippen LogP contribution in [0.2, 0.25) is 0 Å². The van der Waals surface area contributed by atoms with Crippen LogP contribution < -0.4 is 16.0 Å². The zero-order chi connectivity index (χ0) is 28.4. The first-order valence-electron chi connectivity index (χ1n) is 14.9. The maximum atomic E-state index is 13.5. The predicted molar refractivity (Wildman–Crippen MR) is 152 cm³/mol. The molecule has 3 aromatic rings. The van der Waals surface area contributed by atoms with E-state index in [0.717, 1.165) is 66.5 Å². The number of aryl methyl sites for hydroxylation is 1. The van der Waals surface area contributed by atoms with Gasteiger partial charge in [-0.05, 0) is 60.9 Å². The number of carbonyl (C=O) groups excluding carboxylic acids is 3. The first-order valence-corrected chi connectivity index (χ1v) is 14.9. The molecule has 1 saturated heterocycles. The number of urea groups is 1. The molecular weight excluding hydrogens is 520 g/mol. The largest absolute Gasteiger partial charge is 0.357 e. The van der Waals surface area contributed by atoms with Gasteiger partial charge in [0.25, 0.3) is 5.91 Å². The summed E-state index contributed by atoms with van der Waals surface area (Å²) in [5.41, 5.74) is 3.43. The molecule has 216 valence electrons. The molecule has 3 fully saturated rings. The van der Waals surface area contributed by atoms with Gasteiger partial charge in [-0.2, -0.15) is 5.10 Å². The Bertz CT molecular complexity index is 1490. The second-order valence-corrected chi connectivity index (χ2v) is 12.7. The number of nitrogens with one attached hydrogen (secondary N) is 4. The Morgan fingerprint density at radius 2 is 1.88 bits per heavy atom. The number of hydrogen-bond acceptors (Lipinski definition) is 5. The van der Waals surface area contributed by atoms with E-state index in [0.29, 0.717) is 37.5 Å².